The van der Waals surface area contributed by atoms with Crippen LogP contribution in [0.4, 0.5) is 4.79 Å². The lowest BCUT2D eigenvalue weighted by Gasteiger charge is -2.24. The van der Waals surface area contributed by atoms with Gasteiger partial charge in [-0.2, -0.15) is 0 Å². The number of hydrogen-bond donors (Lipinski definition) is 1. The summed E-state index contributed by atoms with van der Waals surface area (Å²) in [6, 6.07) is 15.3. The van der Waals surface area contributed by atoms with Crippen LogP contribution in [0.3, 0.4) is 0 Å². The second-order valence-corrected chi connectivity index (χ2v) is 8.20. The number of ether oxygens (including phenoxy) is 3. The first-order chi connectivity index (χ1) is 14.3. The van der Waals surface area contributed by atoms with Crippen molar-refractivity contribution in [1.82, 2.24) is 5.32 Å². The summed E-state index contributed by atoms with van der Waals surface area (Å²) in [4.78, 5) is 24.7. The Morgan fingerprint density at radius 3 is 2.07 bits per heavy atom. The minimum atomic E-state index is -0.931. The third-order valence-corrected chi connectivity index (χ3v) is 4.89. The molecule has 30 heavy (non-hydrogen) atoms. The number of amides is 1. The van der Waals surface area contributed by atoms with Crippen LogP contribution in [0.25, 0.3) is 11.1 Å². The monoisotopic (exact) mass is 411 g/mol. The topological polar surface area (TPSA) is 73.9 Å². The number of carbonyl (C=O) groups is 2. The van der Waals surface area contributed by atoms with Crippen LogP contribution in [0, 0.1) is 0 Å². The molecule has 0 aromatic heterocycles. The van der Waals surface area contributed by atoms with Crippen molar-refractivity contribution in [2.75, 3.05) is 19.8 Å². The Morgan fingerprint density at radius 1 is 0.967 bits per heavy atom. The normalized spacial score (nSPS) is 13.9. The number of benzene rings is 2. The maximum atomic E-state index is 12.5. The highest BCUT2D eigenvalue weighted by atomic mass is 16.6. The molecule has 0 heterocycles. The van der Waals surface area contributed by atoms with Gasteiger partial charge >= 0.3 is 12.1 Å². The molecule has 6 nitrogen and oxygen atoms in total. The molecule has 0 saturated heterocycles. The van der Waals surface area contributed by atoms with E-state index in [1.807, 2.05) is 45.0 Å². The van der Waals surface area contributed by atoms with Gasteiger partial charge in [0.1, 0.15) is 6.61 Å². The van der Waals surface area contributed by atoms with Crippen LogP contribution < -0.4 is 5.32 Å². The average Bonchev–Trinajstić information content (AvgIpc) is 3.03. The van der Waals surface area contributed by atoms with Crippen LogP contribution in [0.15, 0.2) is 48.5 Å². The molecule has 0 radical (unpaired) electrons. The fraction of sp³-hybridized carbons (Fsp3) is 0.417. The van der Waals surface area contributed by atoms with Gasteiger partial charge < -0.3 is 19.5 Å². The predicted octanol–water partition coefficient (Wildman–Crippen LogP) is 4.27. The molecule has 0 bridgehead atoms. The fourth-order valence-electron chi connectivity index (χ4n) is 3.53. The van der Waals surface area contributed by atoms with Gasteiger partial charge in [-0.15, -0.1) is 0 Å². The Morgan fingerprint density at radius 2 is 1.53 bits per heavy atom. The molecule has 0 saturated carbocycles. The number of rotatable bonds is 7. The molecular formula is C24H29NO5. The Balaban J connectivity index is 1.66. The van der Waals surface area contributed by atoms with Gasteiger partial charge in [-0.25, -0.2) is 9.59 Å². The molecule has 1 aliphatic carbocycles. The number of nitrogens with one attached hydrogen (secondary N) is 1. The highest BCUT2D eigenvalue weighted by Crippen LogP contribution is 2.44. The maximum Gasteiger partial charge on any atom is 0.407 e. The van der Waals surface area contributed by atoms with Crippen molar-refractivity contribution in [2.45, 2.75) is 45.3 Å². The fourth-order valence-corrected chi connectivity index (χ4v) is 3.53. The summed E-state index contributed by atoms with van der Waals surface area (Å²) >= 11 is 0. The quantitative estimate of drug-likeness (QED) is 0.689. The van der Waals surface area contributed by atoms with Gasteiger partial charge in [0.25, 0.3) is 0 Å². The Hall–Kier alpha value is -2.86. The number of hydrogen-bond acceptors (Lipinski definition) is 5. The second kappa shape index (κ2) is 9.30. The summed E-state index contributed by atoms with van der Waals surface area (Å²) in [5.74, 6) is -0.592. The predicted molar refractivity (Wildman–Crippen MR) is 114 cm³/mol. The van der Waals surface area contributed by atoms with Crippen LogP contribution in [0.5, 0.6) is 0 Å². The second-order valence-electron chi connectivity index (χ2n) is 8.20. The first-order valence-electron chi connectivity index (χ1n) is 10.2. The molecule has 0 fully saturated rings. The summed E-state index contributed by atoms with van der Waals surface area (Å²) in [7, 11) is 0. The Labute approximate surface area is 177 Å². The van der Waals surface area contributed by atoms with E-state index >= 15 is 0 Å². The lowest BCUT2D eigenvalue weighted by Crippen LogP contribution is -2.46. The van der Waals surface area contributed by atoms with Crippen molar-refractivity contribution in [3.8, 4) is 11.1 Å². The zero-order valence-electron chi connectivity index (χ0n) is 17.9. The lowest BCUT2D eigenvalue weighted by atomic mass is 9.98. The molecule has 0 unspecified atom stereocenters. The van der Waals surface area contributed by atoms with Crippen LogP contribution in [0.1, 0.15) is 44.7 Å². The maximum absolute atomic E-state index is 12.5. The lowest BCUT2D eigenvalue weighted by molar-refractivity contribution is -0.148. The SMILES string of the molecule is CCOC(=O)[C@@H](COC(C)(C)C)NC(=O)OCC1c2ccccc2-c2ccccc21. The summed E-state index contributed by atoms with van der Waals surface area (Å²) in [5.41, 5.74) is 4.12. The Bertz CT molecular complexity index is 857. The first kappa shape index (κ1) is 21.8. The molecule has 2 aromatic carbocycles. The third-order valence-electron chi connectivity index (χ3n) is 4.89. The summed E-state index contributed by atoms with van der Waals surface area (Å²) in [6.45, 7) is 7.75. The zero-order chi connectivity index (χ0) is 21.7. The molecule has 1 atom stereocenters. The van der Waals surface area contributed by atoms with Gasteiger partial charge in [-0.3, -0.25) is 0 Å². The highest BCUT2D eigenvalue weighted by Gasteiger charge is 2.30. The van der Waals surface area contributed by atoms with Gasteiger partial charge in [0.2, 0.25) is 0 Å². The smallest absolute Gasteiger partial charge is 0.407 e. The van der Waals surface area contributed by atoms with E-state index in [1.165, 1.54) is 0 Å². The van der Waals surface area contributed by atoms with Crippen molar-refractivity contribution < 1.29 is 23.8 Å². The van der Waals surface area contributed by atoms with Crippen molar-refractivity contribution in [1.29, 1.82) is 0 Å². The molecule has 1 aliphatic rings. The van der Waals surface area contributed by atoms with Crippen molar-refractivity contribution >= 4 is 12.1 Å². The number of esters is 1. The van der Waals surface area contributed by atoms with E-state index in [0.717, 1.165) is 22.3 Å². The van der Waals surface area contributed by atoms with Crippen LogP contribution in [-0.4, -0.2) is 43.5 Å². The van der Waals surface area contributed by atoms with E-state index < -0.39 is 23.7 Å². The van der Waals surface area contributed by atoms with Gasteiger partial charge in [-0.1, -0.05) is 48.5 Å². The number of alkyl carbamates (subject to hydrolysis) is 1. The van der Waals surface area contributed by atoms with Gasteiger partial charge in [0.05, 0.1) is 18.8 Å². The molecule has 3 rings (SSSR count). The number of carbonyl (C=O) groups excluding carboxylic acids is 2. The van der Waals surface area contributed by atoms with E-state index in [2.05, 4.69) is 29.6 Å². The molecule has 1 amide bonds. The molecule has 1 N–H and O–H groups in total. The van der Waals surface area contributed by atoms with E-state index in [0.29, 0.717) is 0 Å². The van der Waals surface area contributed by atoms with E-state index in [1.54, 1.807) is 6.92 Å². The highest BCUT2D eigenvalue weighted by molar-refractivity contribution is 5.82. The van der Waals surface area contributed by atoms with Crippen molar-refractivity contribution in [3.63, 3.8) is 0 Å². The van der Waals surface area contributed by atoms with Crippen LogP contribution in [0.2, 0.25) is 0 Å². The first-order valence-corrected chi connectivity index (χ1v) is 10.2. The van der Waals surface area contributed by atoms with Gasteiger partial charge in [0, 0.05) is 5.92 Å². The summed E-state index contributed by atoms with van der Waals surface area (Å²) in [5, 5.41) is 2.59. The van der Waals surface area contributed by atoms with Gasteiger partial charge in [0.15, 0.2) is 6.04 Å². The van der Waals surface area contributed by atoms with Crippen LogP contribution >= 0.6 is 0 Å². The standard InChI is InChI=1S/C24H29NO5/c1-5-28-22(26)21(15-30-24(2,3)4)25-23(27)29-14-20-18-12-8-6-10-16(18)17-11-7-9-13-19(17)20/h6-13,20-21H,5,14-15H2,1-4H3,(H,25,27)/t21-/m1/s1. The summed E-state index contributed by atoms with van der Waals surface area (Å²) < 4.78 is 16.2. The minimum absolute atomic E-state index is 0.00648. The van der Waals surface area contributed by atoms with Gasteiger partial charge in [-0.05, 0) is 49.9 Å². The van der Waals surface area contributed by atoms with E-state index in [-0.39, 0.29) is 25.7 Å². The van der Waals surface area contributed by atoms with Crippen LogP contribution in [-0.2, 0) is 19.0 Å². The zero-order valence-corrected chi connectivity index (χ0v) is 17.9. The van der Waals surface area contributed by atoms with E-state index in [9.17, 15) is 9.59 Å². The average molecular weight is 411 g/mol. The van der Waals surface area contributed by atoms with Crippen molar-refractivity contribution in [3.05, 3.63) is 59.7 Å². The largest absolute Gasteiger partial charge is 0.464 e. The Kier molecular flexibility index (Phi) is 6.77. The number of fused-ring (bicyclic) bond motifs is 3. The molecule has 0 aliphatic heterocycles. The molecule has 2 aromatic rings. The molecule has 160 valence electrons. The molecule has 0 spiro atoms. The minimum Gasteiger partial charge on any atom is -0.464 e. The third kappa shape index (κ3) is 5.19. The van der Waals surface area contributed by atoms with E-state index in [4.69, 9.17) is 14.2 Å². The molecular weight excluding hydrogens is 382 g/mol. The molecule has 6 heteroatoms. The van der Waals surface area contributed by atoms with Crippen molar-refractivity contribution in [2.24, 2.45) is 0 Å². The summed E-state index contributed by atoms with van der Waals surface area (Å²) in [6.07, 6.45) is -0.674.